The summed E-state index contributed by atoms with van der Waals surface area (Å²) in [6.45, 7) is 4.61. The lowest BCUT2D eigenvalue weighted by atomic mass is 10.1. The third kappa shape index (κ3) is 73.8. The highest BCUT2D eigenvalue weighted by Crippen LogP contribution is 2.45. The van der Waals surface area contributed by atoms with E-state index in [1.165, 1.54) is 51.4 Å². The first-order chi connectivity index (χ1) is 49.7. The molecule has 0 aliphatic rings. The molecule has 5 atom stereocenters. The number of carbonyl (C=O) groups is 4. The number of hydrogen-bond acceptors (Lipinski definition) is 15. The van der Waals surface area contributed by atoms with Crippen molar-refractivity contribution in [3.05, 3.63) is 122 Å². The maximum atomic E-state index is 13.1. The van der Waals surface area contributed by atoms with Crippen molar-refractivity contribution >= 4 is 39.5 Å². The summed E-state index contributed by atoms with van der Waals surface area (Å²) in [4.78, 5) is 72.9. The van der Waals surface area contributed by atoms with Crippen molar-refractivity contribution in [1.82, 2.24) is 0 Å². The second-order valence-corrected chi connectivity index (χ2v) is 29.2. The van der Waals surface area contributed by atoms with Crippen LogP contribution in [0.15, 0.2) is 122 Å². The lowest BCUT2D eigenvalue weighted by Crippen LogP contribution is -2.30. The van der Waals surface area contributed by atoms with E-state index in [0.29, 0.717) is 25.7 Å². The zero-order valence-corrected chi connectivity index (χ0v) is 65.8. The number of phosphoric acid groups is 2. The Balaban J connectivity index is 5.36. The molecule has 0 radical (unpaired) electrons. The van der Waals surface area contributed by atoms with E-state index in [4.69, 9.17) is 37.0 Å². The standard InChI is InChI=1S/C83H142O17P2/c1-5-9-13-17-21-25-29-32-35-37-38-40-43-45-49-52-56-60-64-68-80(85)93-73-78(99-82(87)69-65-61-57-53-47-28-24-20-16-12-8-4)75-97-101(89,90)95-71-77(84)72-96-102(91,92)98-76-79(100-83(88)70-66-62-58-54-50-46-41-34-31-27-23-19-15-11-7-3)74-94-81(86)67-63-59-55-51-48-44-42-39-36-33-30-26-22-18-14-10-6-2/h10,14,20-27,32-36,38,40-42,44,77-79,84H,5-9,11-13,15-19,28-31,37,39,43,45-76H2,1-4H3,(H,89,90)(H,91,92)/b14-10-,24-20-,25-21-,26-22-,27-23-,35-32-,36-33-,40-38-,41-34-,44-42-. The summed E-state index contributed by atoms with van der Waals surface area (Å²) in [6.07, 6.45) is 81.8. The van der Waals surface area contributed by atoms with Crippen molar-refractivity contribution in [2.45, 2.75) is 341 Å². The third-order valence-corrected chi connectivity index (χ3v) is 18.3. The lowest BCUT2D eigenvalue weighted by Gasteiger charge is -2.21. The Kier molecular flexibility index (Phi) is 71.4. The van der Waals surface area contributed by atoms with Crippen LogP contribution in [0, 0.1) is 0 Å². The van der Waals surface area contributed by atoms with Gasteiger partial charge in [-0.2, -0.15) is 0 Å². The first-order valence-corrected chi connectivity index (χ1v) is 42.8. The molecule has 3 N–H and O–H groups in total. The highest BCUT2D eigenvalue weighted by Gasteiger charge is 2.30. The van der Waals surface area contributed by atoms with Crippen molar-refractivity contribution in [2.24, 2.45) is 0 Å². The number of rotatable bonds is 74. The molecule has 0 aromatic rings. The van der Waals surface area contributed by atoms with Gasteiger partial charge in [0, 0.05) is 25.7 Å². The maximum Gasteiger partial charge on any atom is 0.472 e. The normalized spacial score (nSPS) is 14.5. The number of esters is 4. The summed E-state index contributed by atoms with van der Waals surface area (Å²) in [5.41, 5.74) is 0. The first-order valence-electron chi connectivity index (χ1n) is 39.8. The summed E-state index contributed by atoms with van der Waals surface area (Å²) >= 11 is 0. The van der Waals surface area contributed by atoms with Crippen LogP contribution in [0.5, 0.6) is 0 Å². The highest BCUT2D eigenvalue weighted by atomic mass is 31.2. The van der Waals surface area contributed by atoms with Crippen LogP contribution in [-0.4, -0.2) is 96.7 Å². The minimum absolute atomic E-state index is 0.0711. The van der Waals surface area contributed by atoms with Gasteiger partial charge in [-0.1, -0.05) is 265 Å². The molecule has 0 saturated heterocycles. The molecule has 102 heavy (non-hydrogen) atoms. The second kappa shape index (κ2) is 74.7. The van der Waals surface area contributed by atoms with Gasteiger partial charge in [-0.15, -0.1) is 0 Å². The van der Waals surface area contributed by atoms with Crippen LogP contribution >= 0.6 is 15.6 Å². The fraction of sp³-hybridized carbons (Fsp3) is 0.711. The van der Waals surface area contributed by atoms with E-state index in [9.17, 15) is 43.2 Å². The molecule has 0 amide bonds. The van der Waals surface area contributed by atoms with Gasteiger partial charge in [0.15, 0.2) is 12.2 Å². The molecule has 5 unspecified atom stereocenters. The van der Waals surface area contributed by atoms with Crippen LogP contribution in [0.4, 0.5) is 0 Å². The van der Waals surface area contributed by atoms with Gasteiger partial charge in [0.2, 0.25) is 0 Å². The van der Waals surface area contributed by atoms with Gasteiger partial charge in [0.05, 0.1) is 26.4 Å². The summed E-state index contributed by atoms with van der Waals surface area (Å²) in [7, 11) is -9.97. The molecule has 0 saturated carbocycles. The number of ether oxygens (including phenoxy) is 4. The fourth-order valence-electron chi connectivity index (χ4n) is 10.3. The molecular weight excluding hydrogens is 1330 g/mol. The molecule has 0 aromatic carbocycles. The topological polar surface area (TPSA) is 237 Å². The van der Waals surface area contributed by atoms with Gasteiger partial charge in [-0.25, -0.2) is 9.13 Å². The Morgan fingerprint density at radius 2 is 0.520 bits per heavy atom. The number of aliphatic hydroxyl groups excluding tert-OH is 1. The average molecular weight is 1470 g/mol. The molecule has 0 aliphatic carbocycles. The molecule has 17 nitrogen and oxygen atoms in total. The van der Waals surface area contributed by atoms with Gasteiger partial charge in [0.25, 0.3) is 0 Å². The van der Waals surface area contributed by atoms with Gasteiger partial charge in [-0.05, 0) is 154 Å². The zero-order valence-electron chi connectivity index (χ0n) is 64.0. The minimum Gasteiger partial charge on any atom is -0.462 e. The largest absolute Gasteiger partial charge is 0.472 e. The van der Waals surface area contributed by atoms with Gasteiger partial charge in [-0.3, -0.25) is 37.3 Å². The van der Waals surface area contributed by atoms with E-state index >= 15 is 0 Å². The van der Waals surface area contributed by atoms with Crippen LogP contribution in [0.3, 0.4) is 0 Å². The number of aliphatic hydroxyl groups is 1. The average Bonchev–Trinajstić information content (AvgIpc) is 0.944. The van der Waals surface area contributed by atoms with Crippen LogP contribution in [0.1, 0.15) is 323 Å². The molecule has 0 fully saturated rings. The molecule has 0 spiro atoms. The molecule has 19 heteroatoms. The number of hydrogen-bond donors (Lipinski definition) is 3. The van der Waals surface area contributed by atoms with E-state index < -0.39 is 97.5 Å². The number of allylic oxidation sites excluding steroid dienone is 20. The van der Waals surface area contributed by atoms with Crippen LogP contribution < -0.4 is 0 Å². The van der Waals surface area contributed by atoms with Crippen LogP contribution in [0.25, 0.3) is 0 Å². The molecular formula is C83H142O17P2. The van der Waals surface area contributed by atoms with Crippen molar-refractivity contribution < 1.29 is 80.2 Å². The molecule has 0 bridgehead atoms. The summed E-state index contributed by atoms with van der Waals surface area (Å²) in [5.74, 6) is -2.24. The van der Waals surface area contributed by atoms with Gasteiger partial charge >= 0.3 is 39.5 Å². The Morgan fingerprint density at radius 3 is 0.824 bits per heavy atom. The van der Waals surface area contributed by atoms with Crippen molar-refractivity contribution in [3.63, 3.8) is 0 Å². The van der Waals surface area contributed by atoms with E-state index in [-0.39, 0.29) is 25.7 Å². The van der Waals surface area contributed by atoms with E-state index in [1.54, 1.807) is 0 Å². The monoisotopic (exact) mass is 1470 g/mol. The van der Waals surface area contributed by atoms with E-state index in [1.807, 2.05) is 0 Å². The Labute approximate surface area is 619 Å². The lowest BCUT2D eigenvalue weighted by molar-refractivity contribution is -0.161. The smallest absolute Gasteiger partial charge is 0.462 e. The van der Waals surface area contributed by atoms with Crippen LogP contribution in [0.2, 0.25) is 0 Å². The summed E-state index contributed by atoms with van der Waals surface area (Å²) in [6, 6.07) is 0. The number of phosphoric ester groups is 2. The number of unbranched alkanes of at least 4 members (excludes halogenated alkanes) is 28. The SMILES string of the molecule is CC/C=C\C/C=C\C/C=C\C/C=C\CCCCCCC(=O)OCC(COP(=O)(O)OCC(O)COP(=O)(O)OCC(COC(=O)CCCCCCCC/C=C\C/C=C\C/C=C\CCCCC)OC(=O)CCCCCCC/C=C\CCCC)OC(=O)CCCCCCC/C=C\C/C=C\CCCCC. The molecule has 0 heterocycles. The Hall–Kier alpha value is -4.54. The quantitative estimate of drug-likeness (QED) is 0.0169. The predicted molar refractivity (Wildman–Crippen MR) is 418 cm³/mol. The van der Waals surface area contributed by atoms with E-state index in [0.717, 1.165) is 193 Å². The number of carbonyl (C=O) groups excluding carboxylic acids is 4. The van der Waals surface area contributed by atoms with Crippen molar-refractivity contribution in [2.75, 3.05) is 39.6 Å². The third-order valence-electron chi connectivity index (χ3n) is 16.4. The highest BCUT2D eigenvalue weighted by molar-refractivity contribution is 7.47. The predicted octanol–water partition coefficient (Wildman–Crippen LogP) is 23.1. The maximum absolute atomic E-state index is 13.1. The fourth-order valence-corrected chi connectivity index (χ4v) is 11.9. The van der Waals surface area contributed by atoms with Gasteiger partial charge < -0.3 is 33.8 Å². The first kappa shape index (κ1) is 97.5. The Morgan fingerprint density at radius 1 is 0.284 bits per heavy atom. The van der Waals surface area contributed by atoms with E-state index in [2.05, 4.69) is 149 Å². The van der Waals surface area contributed by atoms with Gasteiger partial charge in [0.1, 0.15) is 19.3 Å². The van der Waals surface area contributed by atoms with Crippen molar-refractivity contribution in [1.29, 1.82) is 0 Å². The zero-order chi connectivity index (χ0) is 74.6. The Bertz CT molecular complexity index is 2410. The molecule has 0 aromatic heterocycles. The summed E-state index contributed by atoms with van der Waals surface area (Å²) < 4.78 is 68.5. The van der Waals surface area contributed by atoms with Crippen molar-refractivity contribution in [3.8, 4) is 0 Å². The second-order valence-electron chi connectivity index (χ2n) is 26.3. The summed E-state index contributed by atoms with van der Waals surface area (Å²) in [5, 5.41) is 10.6. The molecule has 0 aliphatic heterocycles. The molecule has 0 rings (SSSR count). The minimum atomic E-state index is -4.99. The van der Waals surface area contributed by atoms with Crippen LogP contribution in [-0.2, 0) is 65.4 Å². The molecule has 586 valence electrons.